The van der Waals surface area contributed by atoms with Crippen LogP contribution < -0.4 is 17.0 Å². The van der Waals surface area contributed by atoms with Crippen LogP contribution in [0.15, 0.2) is 28.4 Å². The normalized spacial score (nSPS) is 10.4. The van der Waals surface area contributed by atoms with Crippen LogP contribution in [0.2, 0.25) is 0 Å². The molecule has 2 aromatic heterocycles. The van der Waals surface area contributed by atoms with Gasteiger partial charge in [0.25, 0.3) is 0 Å². The van der Waals surface area contributed by atoms with Crippen LogP contribution >= 0.6 is 11.8 Å². The summed E-state index contributed by atoms with van der Waals surface area (Å²) in [6.45, 7) is 0. The average Bonchev–Trinajstić information content (AvgIpc) is 2.63. The number of nitrogens with zero attached hydrogens (tertiary/aromatic N) is 4. The molecule has 0 amide bonds. The molecule has 84 valence electrons. The third-order valence-corrected chi connectivity index (χ3v) is 2.64. The number of aryl methyl sites for hydroxylation is 1. The molecule has 0 aliphatic rings. The Morgan fingerprint density at radius 1 is 1.44 bits per heavy atom. The van der Waals surface area contributed by atoms with E-state index in [9.17, 15) is 0 Å². The number of nitrogens with one attached hydrogen (secondary N) is 1. The van der Waals surface area contributed by atoms with Gasteiger partial charge in [-0.25, -0.2) is 10.8 Å². The van der Waals surface area contributed by atoms with Gasteiger partial charge in [-0.05, 0) is 0 Å². The maximum absolute atomic E-state index is 5.54. The van der Waals surface area contributed by atoms with Gasteiger partial charge < -0.3 is 11.2 Å². The van der Waals surface area contributed by atoms with Gasteiger partial charge in [-0.3, -0.25) is 4.68 Å². The van der Waals surface area contributed by atoms with E-state index in [2.05, 4.69) is 20.5 Å². The van der Waals surface area contributed by atoms with Gasteiger partial charge in [0.15, 0.2) is 0 Å². The van der Waals surface area contributed by atoms with E-state index < -0.39 is 0 Å². The summed E-state index contributed by atoms with van der Waals surface area (Å²) in [5.74, 6) is 5.93. The number of hydrogen-bond donors (Lipinski definition) is 3. The van der Waals surface area contributed by atoms with Crippen LogP contribution in [0.25, 0.3) is 0 Å². The Hall–Kier alpha value is -1.80. The summed E-state index contributed by atoms with van der Waals surface area (Å²) in [4.78, 5) is 8.95. The number of nitrogens with two attached hydrogens (primary N) is 2. The first-order chi connectivity index (χ1) is 7.67. The Labute approximate surface area is 96.2 Å². The number of anilines is 2. The van der Waals surface area contributed by atoms with E-state index in [1.807, 2.05) is 13.2 Å². The van der Waals surface area contributed by atoms with Gasteiger partial charge in [-0.1, -0.05) is 11.8 Å². The molecule has 0 saturated heterocycles. The van der Waals surface area contributed by atoms with Crippen molar-refractivity contribution >= 4 is 23.5 Å². The van der Waals surface area contributed by atoms with Crippen molar-refractivity contribution in [2.75, 3.05) is 11.2 Å². The Bertz CT molecular complexity index is 495. The van der Waals surface area contributed by atoms with Crippen LogP contribution in [0, 0.1) is 0 Å². The molecular formula is C8H11N7S. The molecule has 0 bridgehead atoms. The molecule has 0 spiro atoms. The predicted octanol–water partition coefficient (Wildman–Crippen LogP) is 0.229. The summed E-state index contributed by atoms with van der Waals surface area (Å²) in [7, 11) is 1.85. The summed E-state index contributed by atoms with van der Waals surface area (Å²) < 4.78 is 1.72. The largest absolute Gasteiger partial charge is 0.368 e. The zero-order chi connectivity index (χ0) is 11.5. The van der Waals surface area contributed by atoms with Crippen molar-refractivity contribution < 1.29 is 0 Å². The standard InChI is InChI=1S/C8H11N7S/c1-15-4-5(3-11-15)16-7-2-6(14-10)12-8(9)13-7/h2-4H,10H2,1H3,(H3,9,12,13,14). The van der Waals surface area contributed by atoms with Crippen molar-refractivity contribution in [2.45, 2.75) is 9.92 Å². The molecule has 0 aliphatic heterocycles. The highest BCUT2D eigenvalue weighted by Crippen LogP contribution is 2.26. The SMILES string of the molecule is Cn1cc(Sc2cc(NN)nc(N)n2)cn1. The van der Waals surface area contributed by atoms with E-state index in [0.717, 1.165) is 4.90 Å². The molecule has 0 atom stereocenters. The Kier molecular flexibility index (Phi) is 2.93. The molecular weight excluding hydrogens is 226 g/mol. The fourth-order valence-electron chi connectivity index (χ4n) is 1.14. The zero-order valence-electron chi connectivity index (χ0n) is 8.58. The van der Waals surface area contributed by atoms with E-state index in [0.29, 0.717) is 10.8 Å². The predicted molar refractivity (Wildman–Crippen MR) is 61.6 cm³/mol. The topological polar surface area (TPSA) is 108 Å². The van der Waals surface area contributed by atoms with Crippen LogP contribution in [-0.4, -0.2) is 19.7 Å². The minimum Gasteiger partial charge on any atom is -0.368 e. The lowest BCUT2D eigenvalue weighted by Gasteiger charge is -2.03. The minimum absolute atomic E-state index is 0.182. The summed E-state index contributed by atoms with van der Waals surface area (Å²) in [5, 5.41) is 4.77. The fraction of sp³-hybridized carbons (Fsp3) is 0.125. The van der Waals surface area contributed by atoms with E-state index in [1.54, 1.807) is 16.9 Å². The van der Waals surface area contributed by atoms with E-state index >= 15 is 0 Å². The van der Waals surface area contributed by atoms with Crippen molar-refractivity contribution in [1.29, 1.82) is 0 Å². The maximum atomic E-state index is 5.54. The van der Waals surface area contributed by atoms with E-state index in [4.69, 9.17) is 11.6 Å². The lowest BCUT2D eigenvalue weighted by molar-refractivity contribution is 0.766. The van der Waals surface area contributed by atoms with Crippen molar-refractivity contribution in [3.05, 3.63) is 18.5 Å². The molecule has 2 aromatic rings. The molecule has 7 nitrogen and oxygen atoms in total. The molecule has 0 radical (unpaired) electrons. The van der Waals surface area contributed by atoms with Gasteiger partial charge in [-0.2, -0.15) is 10.1 Å². The Morgan fingerprint density at radius 3 is 2.88 bits per heavy atom. The molecule has 16 heavy (non-hydrogen) atoms. The second-order valence-electron chi connectivity index (χ2n) is 3.05. The third-order valence-electron chi connectivity index (χ3n) is 1.77. The molecule has 0 saturated carbocycles. The first kappa shape index (κ1) is 10.7. The van der Waals surface area contributed by atoms with Gasteiger partial charge in [-0.15, -0.1) is 0 Å². The smallest absolute Gasteiger partial charge is 0.223 e. The maximum Gasteiger partial charge on any atom is 0.223 e. The van der Waals surface area contributed by atoms with Crippen molar-refractivity contribution in [1.82, 2.24) is 19.7 Å². The van der Waals surface area contributed by atoms with Gasteiger partial charge in [0, 0.05) is 19.3 Å². The molecule has 8 heteroatoms. The van der Waals surface area contributed by atoms with Crippen LogP contribution in [0.1, 0.15) is 0 Å². The number of nitrogen functional groups attached to an aromatic ring is 2. The van der Waals surface area contributed by atoms with Crippen LogP contribution in [0.3, 0.4) is 0 Å². The molecule has 0 aliphatic carbocycles. The van der Waals surface area contributed by atoms with Crippen molar-refractivity contribution in [3.8, 4) is 0 Å². The van der Waals surface area contributed by atoms with Crippen LogP contribution in [0.5, 0.6) is 0 Å². The number of rotatable bonds is 3. The quantitative estimate of drug-likeness (QED) is 0.398. The first-order valence-electron chi connectivity index (χ1n) is 4.45. The molecule has 5 N–H and O–H groups in total. The highest BCUT2D eigenvalue weighted by Gasteiger charge is 2.04. The van der Waals surface area contributed by atoms with Gasteiger partial charge in [0.1, 0.15) is 10.8 Å². The second-order valence-corrected chi connectivity index (χ2v) is 4.14. The molecule has 2 rings (SSSR count). The number of hydrogen-bond acceptors (Lipinski definition) is 7. The molecule has 0 unspecified atom stereocenters. The second kappa shape index (κ2) is 4.37. The van der Waals surface area contributed by atoms with Gasteiger partial charge in [0.2, 0.25) is 5.95 Å². The molecule has 0 aromatic carbocycles. The Balaban J connectivity index is 2.24. The van der Waals surface area contributed by atoms with Gasteiger partial charge in [0.05, 0.1) is 11.1 Å². The molecule has 0 fully saturated rings. The van der Waals surface area contributed by atoms with Crippen LogP contribution in [0.4, 0.5) is 11.8 Å². The third kappa shape index (κ3) is 2.41. The summed E-state index contributed by atoms with van der Waals surface area (Å²) in [6.07, 6.45) is 3.64. The first-order valence-corrected chi connectivity index (χ1v) is 5.26. The monoisotopic (exact) mass is 237 g/mol. The number of hydrazine groups is 1. The summed E-state index contributed by atoms with van der Waals surface area (Å²) >= 11 is 1.44. The summed E-state index contributed by atoms with van der Waals surface area (Å²) in [5.41, 5.74) is 7.98. The average molecular weight is 237 g/mol. The van der Waals surface area contributed by atoms with E-state index in [1.165, 1.54) is 11.8 Å². The number of aromatic nitrogens is 4. The highest BCUT2D eigenvalue weighted by molar-refractivity contribution is 7.99. The fourth-order valence-corrected chi connectivity index (χ4v) is 2.00. The Morgan fingerprint density at radius 2 is 2.25 bits per heavy atom. The van der Waals surface area contributed by atoms with Crippen LogP contribution in [-0.2, 0) is 7.05 Å². The van der Waals surface area contributed by atoms with Crippen molar-refractivity contribution in [3.63, 3.8) is 0 Å². The lowest BCUT2D eigenvalue weighted by Crippen LogP contribution is -2.10. The minimum atomic E-state index is 0.182. The lowest BCUT2D eigenvalue weighted by atomic mass is 10.6. The molecule has 2 heterocycles. The highest BCUT2D eigenvalue weighted by atomic mass is 32.2. The van der Waals surface area contributed by atoms with Gasteiger partial charge >= 0.3 is 0 Å². The van der Waals surface area contributed by atoms with E-state index in [-0.39, 0.29) is 5.95 Å². The zero-order valence-corrected chi connectivity index (χ0v) is 9.40. The summed E-state index contributed by atoms with van der Waals surface area (Å²) in [6, 6.07) is 1.72. The van der Waals surface area contributed by atoms with Crippen molar-refractivity contribution in [2.24, 2.45) is 12.9 Å².